The van der Waals surface area contributed by atoms with Crippen molar-refractivity contribution in [3.05, 3.63) is 35.6 Å². The standard InChI is InChI=1S/C13H16BrF/c14-10-13(7-1-2-8-13)9-11-3-5-12(15)6-4-11/h3-6H,1-2,7-10H2. The molecular formula is C13H16BrF. The Kier molecular flexibility index (Phi) is 3.45. The maximum Gasteiger partial charge on any atom is 0.123 e. The molecule has 0 spiro atoms. The minimum atomic E-state index is -0.141. The van der Waals surface area contributed by atoms with E-state index in [9.17, 15) is 4.39 Å². The molecule has 1 fully saturated rings. The minimum absolute atomic E-state index is 0.141. The number of benzene rings is 1. The fourth-order valence-electron chi connectivity index (χ4n) is 2.52. The van der Waals surface area contributed by atoms with E-state index >= 15 is 0 Å². The molecule has 2 rings (SSSR count). The summed E-state index contributed by atoms with van der Waals surface area (Å²) in [5.41, 5.74) is 1.69. The lowest BCUT2D eigenvalue weighted by atomic mass is 9.82. The quantitative estimate of drug-likeness (QED) is 0.718. The van der Waals surface area contributed by atoms with Crippen LogP contribution in [0.3, 0.4) is 0 Å². The fraction of sp³-hybridized carbons (Fsp3) is 0.538. The first-order valence-electron chi connectivity index (χ1n) is 5.55. The third-order valence-electron chi connectivity index (χ3n) is 3.44. The Morgan fingerprint density at radius 3 is 2.27 bits per heavy atom. The highest BCUT2D eigenvalue weighted by molar-refractivity contribution is 9.09. The van der Waals surface area contributed by atoms with E-state index < -0.39 is 0 Å². The molecule has 0 atom stereocenters. The van der Waals surface area contributed by atoms with E-state index in [0.717, 1.165) is 11.8 Å². The lowest BCUT2D eigenvalue weighted by Gasteiger charge is -2.26. The largest absolute Gasteiger partial charge is 0.207 e. The minimum Gasteiger partial charge on any atom is -0.207 e. The van der Waals surface area contributed by atoms with Crippen LogP contribution in [0.15, 0.2) is 24.3 Å². The van der Waals surface area contributed by atoms with Crippen molar-refractivity contribution < 1.29 is 4.39 Å². The lowest BCUT2D eigenvalue weighted by molar-refractivity contribution is 0.346. The van der Waals surface area contributed by atoms with Crippen molar-refractivity contribution in [2.24, 2.45) is 5.41 Å². The molecule has 0 radical (unpaired) electrons. The van der Waals surface area contributed by atoms with Crippen LogP contribution in [0, 0.1) is 11.2 Å². The van der Waals surface area contributed by atoms with Gasteiger partial charge in [-0.25, -0.2) is 4.39 Å². The van der Waals surface area contributed by atoms with E-state index in [1.165, 1.54) is 31.2 Å². The third-order valence-corrected chi connectivity index (χ3v) is 4.63. The summed E-state index contributed by atoms with van der Waals surface area (Å²) in [7, 11) is 0. The molecule has 0 amide bonds. The Morgan fingerprint density at radius 1 is 1.13 bits per heavy atom. The Hall–Kier alpha value is -0.370. The first kappa shape index (κ1) is 11.1. The summed E-state index contributed by atoms with van der Waals surface area (Å²) < 4.78 is 12.8. The van der Waals surface area contributed by atoms with Crippen LogP contribution in [0.5, 0.6) is 0 Å². The number of alkyl halides is 1. The molecular weight excluding hydrogens is 255 g/mol. The van der Waals surface area contributed by atoms with Crippen LogP contribution in [0.2, 0.25) is 0 Å². The Bertz CT molecular complexity index is 312. The average Bonchev–Trinajstić information content (AvgIpc) is 2.71. The molecule has 1 saturated carbocycles. The van der Waals surface area contributed by atoms with Gasteiger partial charge in [0.1, 0.15) is 5.82 Å². The van der Waals surface area contributed by atoms with Crippen LogP contribution in [-0.4, -0.2) is 5.33 Å². The van der Waals surface area contributed by atoms with Crippen LogP contribution in [0.25, 0.3) is 0 Å². The zero-order valence-electron chi connectivity index (χ0n) is 8.81. The van der Waals surface area contributed by atoms with Crippen LogP contribution >= 0.6 is 15.9 Å². The smallest absolute Gasteiger partial charge is 0.123 e. The average molecular weight is 271 g/mol. The van der Waals surface area contributed by atoms with E-state index in [4.69, 9.17) is 0 Å². The molecule has 0 N–H and O–H groups in total. The fourth-order valence-corrected chi connectivity index (χ4v) is 3.28. The molecule has 1 aliphatic rings. The highest BCUT2D eigenvalue weighted by Crippen LogP contribution is 2.42. The molecule has 0 aliphatic heterocycles. The van der Waals surface area contributed by atoms with Crippen LogP contribution in [-0.2, 0) is 6.42 Å². The van der Waals surface area contributed by atoms with Gasteiger partial charge in [0.25, 0.3) is 0 Å². The predicted octanol–water partition coefficient (Wildman–Crippen LogP) is 4.32. The van der Waals surface area contributed by atoms with Gasteiger partial charge in [-0.2, -0.15) is 0 Å². The Labute approximate surface area is 99.0 Å². The van der Waals surface area contributed by atoms with Crippen molar-refractivity contribution in [2.75, 3.05) is 5.33 Å². The van der Waals surface area contributed by atoms with Crippen LogP contribution in [0.1, 0.15) is 31.2 Å². The molecule has 1 aliphatic carbocycles. The second-order valence-electron chi connectivity index (χ2n) is 4.64. The summed E-state index contributed by atoms with van der Waals surface area (Å²) in [6.07, 6.45) is 6.36. The molecule has 82 valence electrons. The van der Waals surface area contributed by atoms with Gasteiger partial charge in [0.05, 0.1) is 0 Å². The molecule has 15 heavy (non-hydrogen) atoms. The number of hydrogen-bond acceptors (Lipinski definition) is 0. The van der Waals surface area contributed by atoms with Gasteiger partial charge in [-0.1, -0.05) is 40.9 Å². The molecule has 0 bridgehead atoms. The van der Waals surface area contributed by atoms with Gasteiger partial charge in [0.2, 0.25) is 0 Å². The van der Waals surface area contributed by atoms with Gasteiger partial charge in [0.15, 0.2) is 0 Å². The zero-order valence-corrected chi connectivity index (χ0v) is 10.4. The van der Waals surface area contributed by atoms with Crippen molar-refractivity contribution >= 4 is 15.9 Å². The Balaban J connectivity index is 2.09. The van der Waals surface area contributed by atoms with Gasteiger partial charge in [0, 0.05) is 5.33 Å². The maximum atomic E-state index is 12.8. The predicted molar refractivity (Wildman–Crippen MR) is 64.8 cm³/mol. The van der Waals surface area contributed by atoms with Crippen molar-refractivity contribution in [1.82, 2.24) is 0 Å². The maximum absolute atomic E-state index is 12.8. The summed E-state index contributed by atoms with van der Waals surface area (Å²) in [5.74, 6) is -0.141. The summed E-state index contributed by atoms with van der Waals surface area (Å²) in [4.78, 5) is 0. The monoisotopic (exact) mass is 270 g/mol. The summed E-state index contributed by atoms with van der Waals surface area (Å²) >= 11 is 3.63. The number of rotatable bonds is 3. The van der Waals surface area contributed by atoms with Gasteiger partial charge in [-0.3, -0.25) is 0 Å². The number of hydrogen-bond donors (Lipinski definition) is 0. The third kappa shape index (κ3) is 2.60. The van der Waals surface area contributed by atoms with Crippen LogP contribution in [0.4, 0.5) is 4.39 Å². The molecule has 2 heteroatoms. The molecule has 1 aromatic rings. The molecule has 0 unspecified atom stereocenters. The molecule has 0 nitrogen and oxygen atoms in total. The summed E-state index contributed by atoms with van der Waals surface area (Å²) in [5, 5.41) is 1.07. The topological polar surface area (TPSA) is 0 Å². The highest BCUT2D eigenvalue weighted by Gasteiger charge is 2.32. The van der Waals surface area contributed by atoms with E-state index in [0.29, 0.717) is 5.41 Å². The zero-order chi connectivity index (χ0) is 10.7. The second-order valence-corrected chi connectivity index (χ2v) is 5.20. The van der Waals surface area contributed by atoms with Crippen molar-refractivity contribution in [2.45, 2.75) is 32.1 Å². The lowest BCUT2D eigenvalue weighted by Crippen LogP contribution is -2.21. The molecule has 0 saturated heterocycles. The van der Waals surface area contributed by atoms with Gasteiger partial charge in [-0.05, 0) is 42.4 Å². The van der Waals surface area contributed by atoms with E-state index in [-0.39, 0.29) is 5.82 Å². The second kappa shape index (κ2) is 4.65. The molecule has 1 aromatic carbocycles. The van der Waals surface area contributed by atoms with Crippen molar-refractivity contribution in [3.8, 4) is 0 Å². The normalized spacial score (nSPS) is 19.3. The molecule has 0 heterocycles. The van der Waals surface area contributed by atoms with Gasteiger partial charge < -0.3 is 0 Å². The van der Waals surface area contributed by atoms with E-state index in [2.05, 4.69) is 15.9 Å². The Morgan fingerprint density at radius 2 is 1.73 bits per heavy atom. The van der Waals surface area contributed by atoms with E-state index in [1.54, 1.807) is 12.1 Å². The first-order chi connectivity index (χ1) is 7.24. The summed E-state index contributed by atoms with van der Waals surface area (Å²) in [6.45, 7) is 0. The summed E-state index contributed by atoms with van der Waals surface area (Å²) in [6, 6.07) is 6.95. The first-order valence-corrected chi connectivity index (χ1v) is 6.67. The van der Waals surface area contributed by atoms with Gasteiger partial charge in [-0.15, -0.1) is 0 Å². The van der Waals surface area contributed by atoms with Crippen LogP contribution < -0.4 is 0 Å². The van der Waals surface area contributed by atoms with Crippen molar-refractivity contribution in [3.63, 3.8) is 0 Å². The SMILES string of the molecule is Fc1ccc(CC2(CBr)CCCC2)cc1. The number of halogens is 2. The van der Waals surface area contributed by atoms with Gasteiger partial charge >= 0.3 is 0 Å². The molecule has 0 aromatic heterocycles. The van der Waals surface area contributed by atoms with E-state index in [1.807, 2.05) is 12.1 Å². The van der Waals surface area contributed by atoms with Crippen molar-refractivity contribution in [1.29, 1.82) is 0 Å². The highest BCUT2D eigenvalue weighted by atomic mass is 79.9.